The predicted octanol–water partition coefficient (Wildman–Crippen LogP) is 4.05. The summed E-state index contributed by atoms with van der Waals surface area (Å²) in [5.74, 6) is -0.248. The Hall–Kier alpha value is -2.13. The van der Waals surface area contributed by atoms with E-state index in [9.17, 15) is 9.59 Å². The molecule has 3 nitrogen and oxygen atoms in total. The normalized spacial score (nSPS) is 13.3. The Morgan fingerprint density at radius 3 is 2.22 bits per heavy atom. The number of carbonyl (C=O) groups is 1. The van der Waals surface area contributed by atoms with Gasteiger partial charge in [0.1, 0.15) is 5.54 Å². The average Bonchev–Trinajstić information content (AvgIpc) is 2.52. The molecular weight excluding hydrogens is 310 g/mol. The van der Waals surface area contributed by atoms with Crippen LogP contribution in [0.3, 0.4) is 0 Å². The van der Waals surface area contributed by atoms with Gasteiger partial charge in [0.05, 0.1) is 0 Å². The first-order chi connectivity index (χ1) is 10.8. The van der Waals surface area contributed by atoms with Crippen LogP contribution < -0.4 is 0 Å². The fourth-order valence-corrected chi connectivity index (χ4v) is 2.97. The number of halogens is 1. The number of benzene rings is 2. The fraction of sp³-hybridized carbons (Fsp3) is 0.263. The molecule has 119 valence electrons. The molecule has 0 fully saturated rings. The van der Waals surface area contributed by atoms with Gasteiger partial charge in [-0.2, -0.15) is 0 Å². The smallest absolute Gasteiger partial charge is 0.254 e. The van der Waals surface area contributed by atoms with Crippen molar-refractivity contribution in [3.8, 4) is 0 Å². The Kier molecular flexibility index (Phi) is 4.90. The lowest BCUT2D eigenvalue weighted by atomic mass is 9.91. The molecule has 0 unspecified atom stereocenters. The van der Waals surface area contributed by atoms with Crippen molar-refractivity contribution < 1.29 is 9.59 Å². The van der Waals surface area contributed by atoms with Gasteiger partial charge in [-0.05, 0) is 39.0 Å². The fourth-order valence-electron chi connectivity index (χ4n) is 2.66. The first-order valence-corrected chi connectivity index (χ1v) is 7.68. The van der Waals surface area contributed by atoms with Gasteiger partial charge in [0.2, 0.25) is 6.29 Å². The van der Waals surface area contributed by atoms with E-state index in [1.165, 1.54) is 4.90 Å². The van der Waals surface area contributed by atoms with Crippen LogP contribution in [0.5, 0.6) is 0 Å². The number of aryl methyl sites for hydroxylation is 2. The van der Waals surface area contributed by atoms with Gasteiger partial charge in [0.25, 0.3) is 5.91 Å². The largest absolute Gasteiger partial charge is 0.325 e. The first-order valence-electron chi connectivity index (χ1n) is 7.30. The molecule has 23 heavy (non-hydrogen) atoms. The van der Waals surface area contributed by atoms with Crippen molar-refractivity contribution in [2.45, 2.75) is 26.3 Å². The Balaban J connectivity index is 2.47. The van der Waals surface area contributed by atoms with Crippen molar-refractivity contribution in [2.24, 2.45) is 0 Å². The predicted molar refractivity (Wildman–Crippen MR) is 92.5 cm³/mol. The lowest BCUT2D eigenvalue weighted by Crippen LogP contribution is -2.46. The molecule has 0 aliphatic heterocycles. The highest BCUT2D eigenvalue weighted by Crippen LogP contribution is 2.32. The first kappa shape index (κ1) is 17.2. The van der Waals surface area contributed by atoms with Crippen LogP contribution in [0.2, 0.25) is 5.02 Å². The monoisotopic (exact) mass is 328 g/mol. The molecule has 0 saturated carbocycles. The Morgan fingerprint density at radius 1 is 1.13 bits per heavy atom. The molecule has 2 aromatic carbocycles. The molecule has 0 aromatic heterocycles. The van der Waals surface area contributed by atoms with Gasteiger partial charge < -0.3 is 4.90 Å². The topological polar surface area (TPSA) is 37.4 Å². The van der Waals surface area contributed by atoms with Crippen LogP contribution in [-0.2, 0) is 10.3 Å². The Morgan fingerprint density at radius 2 is 1.70 bits per heavy atom. The van der Waals surface area contributed by atoms with E-state index in [0.29, 0.717) is 16.1 Å². The van der Waals surface area contributed by atoms with Gasteiger partial charge in [0.15, 0.2) is 0 Å². The molecule has 1 radical (unpaired) electrons. The molecule has 1 atom stereocenters. The number of hydrogen-bond acceptors (Lipinski definition) is 2. The maximum absolute atomic E-state index is 12.8. The number of hydrogen-bond donors (Lipinski definition) is 0. The average molecular weight is 329 g/mol. The summed E-state index contributed by atoms with van der Waals surface area (Å²) < 4.78 is 0. The third kappa shape index (κ3) is 3.30. The van der Waals surface area contributed by atoms with Crippen LogP contribution in [0.25, 0.3) is 0 Å². The summed E-state index contributed by atoms with van der Waals surface area (Å²) in [5, 5.41) is 0.429. The zero-order valence-electron chi connectivity index (χ0n) is 13.7. The van der Waals surface area contributed by atoms with Crippen LogP contribution in [-0.4, -0.2) is 24.1 Å². The van der Waals surface area contributed by atoms with Crippen molar-refractivity contribution in [1.29, 1.82) is 0 Å². The Labute approximate surface area is 141 Å². The number of carbonyl (C=O) groups excluding carboxylic acids is 2. The van der Waals surface area contributed by atoms with Crippen molar-refractivity contribution in [3.63, 3.8) is 0 Å². The van der Waals surface area contributed by atoms with Gasteiger partial charge in [-0.25, -0.2) is 0 Å². The van der Waals surface area contributed by atoms with Gasteiger partial charge in [-0.1, -0.05) is 47.0 Å². The zero-order valence-corrected chi connectivity index (χ0v) is 14.4. The maximum Gasteiger partial charge on any atom is 0.254 e. The van der Waals surface area contributed by atoms with E-state index in [4.69, 9.17) is 11.6 Å². The number of amides is 1. The minimum atomic E-state index is -1.26. The van der Waals surface area contributed by atoms with Crippen LogP contribution in [0.1, 0.15) is 34.0 Å². The van der Waals surface area contributed by atoms with Crippen LogP contribution >= 0.6 is 11.6 Å². The van der Waals surface area contributed by atoms with E-state index < -0.39 is 5.54 Å². The third-order valence-electron chi connectivity index (χ3n) is 4.04. The minimum Gasteiger partial charge on any atom is -0.325 e. The summed E-state index contributed by atoms with van der Waals surface area (Å²) in [5.41, 5.74) is 1.83. The molecule has 0 aliphatic rings. The molecule has 2 rings (SSSR count). The highest BCUT2D eigenvalue weighted by atomic mass is 35.5. The SMILES string of the molecule is Cc1cc(C)cc(C(=O)N(C)[C@@](C)([C]=O)c2ccccc2Cl)c1. The summed E-state index contributed by atoms with van der Waals surface area (Å²) in [6.07, 6.45) is 1.99. The lowest BCUT2D eigenvalue weighted by Gasteiger charge is -2.34. The second-order valence-corrected chi connectivity index (χ2v) is 6.30. The molecule has 1 amide bonds. The second kappa shape index (κ2) is 6.55. The summed E-state index contributed by atoms with van der Waals surface area (Å²) in [6, 6.07) is 12.6. The number of likely N-dealkylation sites (N-methyl/N-ethyl adjacent to an activating group) is 1. The van der Waals surface area contributed by atoms with Gasteiger partial charge >= 0.3 is 0 Å². The van der Waals surface area contributed by atoms with Gasteiger partial charge in [-0.3, -0.25) is 9.59 Å². The van der Waals surface area contributed by atoms with Gasteiger partial charge in [-0.15, -0.1) is 0 Å². The summed E-state index contributed by atoms with van der Waals surface area (Å²) >= 11 is 6.22. The summed E-state index contributed by atoms with van der Waals surface area (Å²) in [4.78, 5) is 25.9. The third-order valence-corrected chi connectivity index (χ3v) is 4.37. The minimum absolute atomic E-state index is 0.248. The molecule has 0 aliphatic carbocycles. The number of rotatable bonds is 4. The van der Waals surface area contributed by atoms with Crippen molar-refractivity contribution in [3.05, 3.63) is 69.7 Å². The maximum atomic E-state index is 12.8. The molecule has 4 heteroatoms. The van der Waals surface area contributed by atoms with E-state index in [1.54, 1.807) is 38.2 Å². The second-order valence-electron chi connectivity index (χ2n) is 5.89. The van der Waals surface area contributed by atoms with Gasteiger partial charge in [0, 0.05) is 23.2 Å². The molecule has 2 aromatic rings. The highest BCUT2D eigenvalue weighted by Gasteiger charge is 2.37. The summed E-state index contributed by atoms with van der Waals surface area (Å²) in [7, 11) is 1.59. The number of nitrogens with zero attached hydrogens (tertiary/aromatic N) is 1. The molecule has 0 N–H and O–H groups in total. The van der Waals surface area contributed by atoms with Crippen LogP contribution in [0.4, 0.5) is 0 Å². The summed E-state index contributed by atoms with van der Waals surface area (Å²) in [6.45, 7) is 5.51. The van der Waals surface area contributed by atoms with E-state index in [0.717, 1.165) is 11.1 Å². The molecule has 0 bridgehead atoms. The van der Waals surface area contributed by atoms with Crippen LogP contribution in [0, 0.1) is 13.8 Å². The van der Waals surface area contributed by atoms with Crippen LogP contribution in [0.15, 0.2) is 42.5 Å². The van der Waals surface area contributed by atoms with Crippen molar-refractivity contribution in [1.82, 2.24) is 4.90 Å². The molecule has 0 heterocycles. The van der Waals surface area contributed by atoms with E-state index in [-0.39, 0.29) is 5.91 Å². The molecule has 0 spiro atoms. The highest BCUT2D eigenvalue weighted by molar-refractivity contribution is 6.31. The standard InChI is InChI=1S/C19H19ClNO2/c1-13-9-14(2)11-15(10-13)18(23)21(4)19(3,12-22)16-7-5-6-8-17(16)20/h5-11H,1-4H3/t19-/m0/s1. The van der Waals surface area contributed by atoms with E-state index in [1.807, 2.05) is 38.3 Å². The quantitative estimate of drug-likeness (QED) is 0.849. The molecule has 0 saturated heterocycles. The van der Waals surface area contributed by atoms with E-state index >= 15 is 0 Å². The lowest BCUT2D eigenvalue weighted by molar-refractivity contribution is 0.0684. The Bertz CT molecular complexity index is 737. The van der Waals surface area contributed by atoms with Crippen molar-refractivity contribution >= 4 is 23.8 Å². The van der Waals surface area contributed by atoms with E-state index in [2.05, 4.69) is 0 Å². The molecular formula is C19H19ClNO2. The zero-order chi connectivity index (χ0) is 17.2. The van der Waals surface area contributed by atoms with Crippen molar-refractivity contribution in [2.75, 3.05) is 7.05 Å².